The molecule has 2 aromatic heterocycles. The van der Waals surface area contributed by atoms with Gasteiger partial charge in [-0.05, 0) is 24.3 Å². The number of pyridine rings is 1. The van der Waals surface area contributed by atoms with Gasteiger partial charge in [-0.25, -0.2) is 0 Å². The fourth-order valence-electron chi connectivity index (χ4n) is 2.49. The van der Waals surface area contributed by atoms with Gasteiger partial charge in [-0.15, -0.1) is 10.2 Å². The Kier molecular flexibility index (Phi) is 4.43. The predicted molar refractivity (Wildman–Crippen MR) is 93.1 cm³/mol. The number of para-hydroxylation sites is 2. The lowest BCUT2D eigenvalue weighted by Gasteiger charge is -2.26. The Balaban J connectivity index is 1.27. The van der Waals surface area contributed by atoms with Gasteiger partial charge in [0.05, 0.1) is 12.3 Å². The number of carbonyl (C=O) groups is 1. The van der Waals surface area contributed by atoms with Crippen LogP contribution in [0.1, 0.15) is 0 Å². The molecule has 0 spiro atoms. The molecule has 4 rings (SSSR count). The number of hydrogen-bond donors (Lipinski definition) is 1. The Morgan fingerprint density at radius 1 is 1.20 bits per heavy atom. The second-order valence-electron chi connectivity index (χ2n) is 5.50. The van der Waals surface area contributed by atoms with Gasteiger partial charge in [-0.2, -0.15) is 0 Å². The van der Waals surface area contributed by atoms with Gasteiger partial charge in [0.15, 0.2) is 22.3 Å². The summed E-state index contributed by atoms with van der Waals surface area (Å²) in [4.78, 5) is 12.1. The normalized spacial score (nSPS) is 15.9. The van der Waals surface area contributed by atoms with Crippen molar-refractivity contribution in [2.24, 2.45) is 0 Å². The molecule has 1 unspecified atom stereocenters. The topological polar surface area (TPSA) is 77.8 Å². The summed E-state index contributed by atoms with van der Waals surface area (Å²) in [6, 6.07) is 13.2. The SMILES string of the molecule is O=C(CSc1nnc2ccccn12)NCC1COc2ccccc2O1. The van der Waals surface area contributed by atoms with Crippen LogP contribution in [0.15, 0.2) is 53.8 Å². The number of hydrogen-bond acceptors (Lipinski definition) is 6. The number of nitrogens with zero attached hydrogens (tertiary/aromatic N) is 3. The lowest BCUT2D eigenvalue weighted by Crippen LogP contribution is -2.41. The quantitative estimate of drug-likeness (QED) is 0.702. The predicted octanol–water partition coefficient (Wildman–Crippen LogP) is 1.78. The molecule has 7 nitrogen and oxygen atoms in total. The van der Waals surface area contributed by atoms with Crippen molar-refractivity contribution < 1.29 is 14.3 Å². The van der Waals surface area contributed by atoms with E-state index in [2.05, 4.69) is 15.5 Å². The molecule has 0 saturated heterocycles. The van der Waals surface area contributed by atoms with Crippen LogP contribution in [-0.4, -0.2) is 45.5 Å². The molecule has 0 saturated carbocycles. The van der Waals surface area contributed by atoms with E-state index in [0.717, 1.165) is 11.4 Å². The summed E-state index contributed by atoms with van der Waals surface area (Å²) in [6.45, 7) is 0.813. The fraction of sp³-hybridized carbons (Fsp3) is 0.235. The maximum atomic E-state index is 12.1. The molecular weight excluding hydrogens is 340 g/mol. The Morgan fingerprint density at radius 3 is 2.96 bits per heavy atom. The molecule has 1 aliphatic rings. The Morgan fingerprint density at radius 2 is 2.04 bits per heavy atom. The van der Waals surface area contributed by atoms with Gasteiger partial charge in [0.2, 0.25) is 5.91 Å². The number of fused-ring (bicyclic) bond motifs is 2. The van der Waals surface area contributed by atoms with Crippen LogP contribution >= 0.6 is 11.8 Å². The fourth-order valence-corrected chi connectivity index (χ4v) is 3.24. The van der Waals surface area contributed by atoms with Gasteiger partial charge < -0.3 is 14.8 Å². The van der Waals surface area contributed by atoms with E-state index in [1.807, 2.05) is 53.1 Å². The Labute approximate surface area is 148 Å². The molecule has 0 fully saturated rings. The summed E-state index contributed by atoms with van der Waals surface area (Å²) in [5.41, 5.74) is 0.761. The molecule has 1 aromatic carbocycles. The number of benzene rings is 1. The minimum absolute atomic E-state index is 0.0832. The summed E-state index contributed by atoms with van der Waals surface area (Å²) in [6.07, 6.45) is 1.68. The van der Waals surface area contributed by atoms with Crippen molar-refractivity contribution in [3.8, 4) is 11.5 Å². The van der Waals surface area contributed by atoms with Crippen molar-refractivity contribution >= 4 is 23.3 Å². The zero-order chi connectivity index (χ0) is 17.1. The molecule has 1 N–H and O–H groups in total. The van der Waals surface area contributed by atoms with Crippen LogP contribution in [0.2, 0.25) is 0 Å². The van der Waals surface area contributed by atoms with Crippen LogP contribution in [0, 0.1) is 0 Å². The van der Waals surface area contributed by atoms with Crippen molar-refractivity contribution in [2.45, 2.75) is 11.3 Å². The van der Waals surface area contributed by atoms with E-state index in [-0.39, 0.29) is 17.8 Å². The highest BCUT2D eigenvalue weighted by atomic mass is 32.2. The molecule has 3 heterocycles. The van der Waals surface area contributed by atoms with Crippen LogP contribution in [-0.2, 0) is 4.79 Å². The van der Waals surface area contributed by atoms with Crippen LogP contribution < -0.4 is 14.8 Å². The number of carbonyl (C=O) groups excluding carboxylic acids is 1. The summed E-state index contributed by atoms with van der Waals surface area (Å²) in [5.74, 6) is 1.62. The van der Waals surface area contributed by atoms with Crippen LogP contribution in [0.5, 0.6) is 11.5 Å². The first-order valence-corrected chi connectivity index (χ1v) is 8.86. The van der Waals surface area contributed by atoms with Crippen LogP contribution in [0.25, 0.3) is 5.65 Å². The third kappa shape index (κ3) is 3.53. The number of ether oxygens (including phenoxy) is 2. The molecule has 0 radical (unpaired) electrons. The van der Waals surface area contributed by atoms with Gasteiger partial charge in [-0.3, -0.25) is 9.20 Å². The van der Waals surface area contributed by atoms with Gasteiger partial charge in [0, 0.05) is 6.20 Å². The summed E-state index contributed by atoms with van der Waals surface area (Å²) in [5, 5.41) is 11.7. The number of aromatic nitrogens is 3. The smallest absolute Gasteiger partial charge is 0.230 e. The average molecular weight is 356 g/mol. The Bertz CT molecular complexity index is 898. The molecule has 3 aromatic rings. The second kappa shape index (κ2) is 7.02. The van der Waals surface area contributed by atoms with Crippen molar-refractivity contribution in [1.82, 2.24) is 19.9 Å². The van der Waals surface area contributed by atoms with Crippen LogP contribution in [0.4, 0.5) is 0 Å². The van der Waals surface area contributed by atoms with E-state index in [9.17, 15) is 4.79 Å². The highest BCUT2D eigenvalue weighted by Crippen LogP contribution is 2.30. The number of rotatable bonds is 5. The number of nitrogens with one attached hydrogen (secondary N) is 1. The van der Waals surface area contributed by atoms with Crippen molar-refractivity contribution in [3.63, 3.8) is 0 Å². The molecular formula is C17H16N4O3S. The minimum atomic E-state index is -0.197. The van der Waals surface area contributed by atoms with Gasteiger partial charge in [0.25, 0.3) is 0 Å². The first-order valence-electron chi connectivity index (χ1n) is 7.87. The maximum absolute atomic E-state index is 12.1. The summed E-state index contributed by atoms with van der Waals surface area (Å²) >= 11 is 1.35. The third-order valence-electron chi connectivity index (χ3n) is 3.71. The second-order valence-corrected chi connectivity index (χ2v) is 6.44. The number of amides is 1. The van der Waals surface area contributed by atoms with Crippen molar-refractivity contribution in [3.05, 3.63) is 48.7 Å². The van der Waals surface area contributed by atoms with E-state index in [0.29, 0.717) is 24.1 Å². The summed E-state index contributed by atoms with van der Waals surface area (Å²) < 4.78 is 13.3. The molecule has 25 heavy (non-hydrogen) atoms. The highest BCUT2D eigenvalue weighted by Gasteiger charge is 2.21. The van der Waals surface area contributed by atoms with Crippen LogP contribution in [0.3, 0.4) is 0 Å². The zero-order valence-corrected chi connectivity index (χ0v) is 14.1. The summed E-state index contributed by atoms with van der Waals surface area (Å²) in [7, 11) is 0. The van der Waals surface area contributed by atoms with Gasteiger partial charge in [0.1, 0.15) is 12.7 Å². The molecule has 1 amide bonds. The standard InChI is InChI=1S/C17H16N4O3S/c22-16(11-25-17-20-19-15-7-3-4-8-21(15)17)18-9-12-10-23-13-5-1-2-6-14(13)24-12/h1-8,12H,9-11H2,(H,18,22). The molecule has 8 heteroatoms. The molecule has 0 aliphatic carbocycles. The van der Waals surface area contributed by atoms with Gasteiger partial charge >= 0.3 is 0 Å². The van der Waals surface area contributed by atoms with E-state index in [4.69, 9.17) is 9.47 Å². The highest BCUT2D eigenvalue weighted by molar-refractivity contribution is 7.99. The molecule has 0 bridgehead atoms. The molecule has 1 aliphatic heterocycles. The maximum Gasteiger partial charge on any atom is 0.230 e. The van der Waals surface area contributed by atoms with E-state index < -0.39 is 0 Å². The van der Waals surface area contributed by atoms with Crippen molar-refractivity contribution in [2.75, 3.05) is 18.9 Å². The minimum Gasteiger partial charge on any atom is -0.486 e. The van der Waals surface area contributed by atoms with E-state index in [1.165, 1.54) is 11.8 Å². The first-order chi connectivity index (χ1) is 12.3. The van der Waals surface area contributed by atoms with E-state index in [1.54, 1.807) is 0 Å². The third-order valence-corrected chi connectivity index (χ3v) is 4.65. The van der Waals surface area contributed by atoms with E-state index >= 15 is 0 Å². The first kappa shape index (κ1) is 15.8. The molecule has 128 valence electrons. The average Bonchev–Trinajstić information content (AvgIpc) is 3.08. The van der Waals surface area contributed by atoms with Gasteiger partial charge in [-0.1, -0.05) is 30.0 Å². The molecule has 1 atom stereocenters. The van der Waals surface area contributed by atoms with Crippen molar-refractivity contribution in [1.29, 1.82) is 0 Å². The largest absolute Gasteiger partial charge is 0.486 e. The number of thioether (sulfide) groups is 1. The Hall–Kier alpha value is -2.74. The lowest BCUT2D eigenvalue weighted by molar-refractivity contribution is -0.119. The lowest BCUT2D eigenvalue weighted by atomic mass is 10.2. The monoisotopic (exact) mass is 356 g/mol. The zero-order valence-electron chi connectivity index (χ0n) is 13.3.